The molecular weight excluding hydrogens is 163 g/mol. The van der Waals surface area contributed by atoms with Gasteiger partial charge in [0.05, 0.1) is 0 Å². The third kappa shape index (κ3) is 3.11. The lowest BCUT2D eigenvalue weighted by atomic mass is 9.90. The standard InChI is InChI=1S/C11H21P/c1-7(2)9(5)11(12)10(6)8(3)4/h8-9,11H,1,6,12H2,2-5H3. The van der Waals surface area contributed by atoms with Crippen molar-refractivity contribution in [2.75, 3.05) is 0 Å². The summed E-state index contributed by atoms with van der Waals surface area (Å²) in [6, 6.07) is 0. The maximum absolute atomic E-state index is 4.10. The summed E-state index contributed by atoms with van der Waals surface area (Å²) in [5.41, 5.74) is 3.01. The molecule has 0 rings (SSSR count). The second kappa shape index (κ2) is 4.82. The van der Waals surface area contributed by atoms with Crippen molar-refractivity contribution in [2.24, 2.45) is 11.8 Å². The molecule has 0 spiro atoms. The maximum atomic E-state index is 4.10. The molecule has 3 atom stereocenters. The molecule has 3 unspecified atom stereocenters. The molecule has 0 aliphatic rings. The first-order valence-electron chi connectivity index (χ1n) is 4.47. The number of hydrogen-bond donors (Lipinski definition) is 0. The Morgan fingerprint density at radius 1 is 1.17 bits per heavy atom. The van der Waals surface area contributed by atoms with Crippen LogP contribution in [0.3, 0.4) is 0 Å². The van der Waals surface area contributed by atoms with Gasteiger partial charge in [-0.3, -0.25) is 0 Å². The molecule has 0 aliphatic carbocycles. The Bertz CT molecular complexity index is 179. The lowest BCUT2D eigenvalue weighted by Gasteiger charge is -2.24. The van der Waals surface area contributed by atoms with E-state index in [0.717, 1.165) is 0 Å². The molecule has 0 N–H and O–H groups in total. The second-order valence-corrected chi connectivity index (χ2v) is 4.61. The number of allylic oxidation sites excluding steroid dienone is 2. The topological polar surface area (TPSA) is 0 Å². The number of rotatable bonds is 4. The number of hydrogen-bond acceptors (Lipinski definition) is 0. The van der Waals surface area contributed by atoms with Crippen LogP contribution in [0.1, 0.15) is 27.7 Å². The minimum atomic E-state index is 0.475. The molecule has 1 heteroatoms. The first-order chi connectivity index (χ1) is 5.37. The van der Waals surface area contributed by atoms with Gasteiger partial charge in [0.15, 0.2) is 0 Å². The van der Waals surface area contributed by atoms with E-state index in [0.29, 0.717) is 17.5 Å². The Morgan fingerprint density at radius 3 is 1.83 bits per heavy atom. The molecule has 0 bridgehead atoms. The summed E-state index contributed by atoms with van der Waals surface area (Å²) in [7, 11) is 2.87. The Balaban J connectivity index is 4.29. The molecule has 0 nitrogen and oxygen atoms in total. The molecule has 0 aliphatic heterocycles. The van der Waals surface area contributed by atoms with Crippen LogP contribution in [0, 0.1) is 11.8 Å². The fraction of sp³-hybridized carbons (Fsp3) is 0.636. The van der Waals surface area contributed by atoms with Crippen molar-refractivity contribution < 1.29 is 0 Å². The molecule has 0 saturated carbocycles. The molecule has 0 aromatic carbocycles. The molecule has 0 heterocycles. The fourth-order valence-electron chi connectivity index (χ4n) is 1.01. The fourth-order valence-corrected chi connectivity index (χ4v) is 1.73. The normalized spacial score (nSPS) is 15.8. The van der Waals surface area contributed by atoms with Crippen molar-refractivity contribution in [2.45, 2.75) is 33.4 Å². The average Bonchev–Trinajstić information content (AvgIpc) is 2.00. The van der Waals surface area contributed by atoms with E-state index in [4.69, 9.17) is 0 Å². The zero-order valence-corrected chi connectivity index (χ0v) is 9.88. The third-order valence-electron chi connectivity index (χ3n) is 2.49. The van der Waals surface area contributed by atoms with Gasteiger partial charge < -0.3 is 0 Å². The first kappa shape index (κ1) is 11.9. The summed E-state index contributed by atoms with van der Waals surface area (Å²) in [4.78, 5) is 0. The SMILES string of the molecule is C=C(C)C(C)C(P)C(=C)C(C)C. The summed E-state index contributed by atoms with van der Waals surface area (Å²) in [5.74, 6) is 1.08. The van der Waals surface area contributed by atoms with Crippen LogP contribution < -0.4 is 0 Å². The Morgan fingerprint density at radius 2 is 1.58 bits per heavy atom. The third-order valence-corrected chi connectivity index (χ3v) is 3.49. The molecular formula is C11H21P. The van der Waals surface area contributed by atoms with E-state index in [1.54, 1.807) is 0 Å². The second-order valence-electron chi connectivity index (χ2n) is 3.89. The molecule has 0 amide bonds. The van der Waals surface area contributed by atoms with Crippen molar-refractivity contribution >= 4 is 9.24 Å². The highest BCUT2D eigenvalue weighted by Crippen LogP contribution is 2.29. The lowest BCUT2D eigenvalue weighted by molar-refractivity contribution is 0.625. The molecule has 0 saturated heterocycles. The van der Waals surface area contributed by atoms with Gasteiger partial charge in [0, 0.05) is 5.66 Å². The lowest BCUT2D eigenvalue weighted by Crippen LogP contribution is -2.16. The quantitative estimate of drug-likeness (QED) is 0.462. The summed E-state index contributed by atoms with van der Waals surface area (Å²) >= 11 is 0. The van der Waals surface area contributed by atoms with Crippen LogP contribution in [0.15, 0.2) is 24.3 Å². The van der Waals surface area contributed by atoms with Crippen molar-refractivity contribution in [3.05, 3.63) is 24.3 Å². The van der Waals surface area contributed by atoms with E-state index < -0.39 is 0 Å². The predicted octanol–water partition coefficient (Wildman–Crippen LogP) is 3.65. The summed E-state index contributed by atoms with van der Waals surface area (Å²) in [5, 5.41) is 0. The smallest absolute Gasteiger partial charge is 0.000664 e. The highest BCUT2D eigenvalue weighted by molar-refractivity contribution is 7.18. The van der Waals surface area contributed by atoms with E-state index in [2.05, 4.69) is 50.1 Å². The molecule has 0 aromatic rings. The zero-order valence-electron chi connectivity index (χ0n) is 8.72. The van der Waals surface area contributed by atoms with Gasteiger partial charge in [-0.1, -0.05) is 45.1 Å². The Labute approximate surface area is 79.3 Å². The van der Waals surface area contributed by atoms with Gasteiger partial charge in [0.1, 0.15) is 0 Å². The van der Waals surface area contributed by atoms with Gasteiger partial charge in [0.2, 0.25) is 0 Å². The van der Waals surface area contributed by atoms with Crippen LogP contribution >= 0.6 is 9.24 Å². The minimum absolute atomic E-state index is 0.475. The predicted molar refractivity (Wildman–Crippen MR) is 61.5 cm³/mol. The van der Waals surface area contributed by atoms with Crippen LogP contribution in [0.2, 0.25) is 0 Å². The Kier molecular flexibility index (Phi) is 4.78. The van der Waals surface area contributed by atoms with E-state index >= 15 is 0 Å². The molecule has 70 valence electrons. The van der Waals surface area contributed by atoms with E-state index in [1.807, 2.05) is 0 Å². The summed E-state index contributed by atoms with van der Waals surface area (Å²) < 4.78 is 0. The van der Waals surface area contributed by atoms with Crippen LogP contribution in [0.25, 0.3) is 0 Å². The average molecular weight is 184 g/mol. The summed E-state index contributed by atoms with van der Waals surface area (Å²) in [6.07, 6.45) is 0. The molecule has 0 radical (unpaired) electrons. The van der Waals surface area contributed by atoms with Crippen LogP contribution in [0.4, 0.5) is 0 Å². The van der Waals surface area contributed by atoms with Crippen molar-refractivity contribution in [1.29, 1.82) is 0 Å². The highest BCUT2D eigenvalue weighted by atomic mass is 31.0. The first-order valence-corrected chi connectivity index (χ1v) is 5.14. The van der Waals surface area contributed by atoms with Crippen molar-refractivity contribution in [3.8, 4) is 0 Å². The maximum Gasteiger partial charge on any atom is 0.000664 e. The van der Waals surface area contributed by atoms with Gasteiger partial charge in [-0.15, -0.1) is 9.24 Å². The van der Waals surface area contributed by atoms with Crippen molar-refractivity contribution in [1.82, 2.24) is 0 Å². The van der Waals surface area contributed by atoms with Crippen LogP contribution in [-0.2, 0) is 0 Å². The molecule has 12 heavy (non-hydrogen) atoms. The Hall–Kier alpha value is -0.0900. The summed E-state index contributed by atoms with van der Waals surface area (Å²) in [6.45, 7) is 16.7. The van der Waals surface area contributed by atoms with Gasteiger partial charge in [-0.25, -0.2) is 0 Å². The molecule has 0 fully saturated rings. The molecule has 0 aromatic heterocycles. The highest BCUT2D eigenvalue weighted by Gasteiger charge is 2.17. The van der Waals surface area contributed by atoms with Crippen molar-refractivity contribution in [3.63, 3.8) is 0 Å². The van der Waals surface area contributed by atoms with E-state index in [9.17, 15) is 0 Å². The van der Waals surface area contributed by atoms with E-state index in [1.165, 1.54) is 11.1 Å². The van der Waals surface area contributed by atoms with Gasteiger partial charge in [0.25, 0.3) is 0 Å². The largest absolute Gasteiger partial charge is 0.129 e. The van der Waals surface area contributed by atoms with Crippen LogP contribution in [0.5, 0.6) is 0 Å². The van der Waals surface area contributed by atoms with Gasteiger partial charge >= 0.3 is 0 Å². The van der Waals surface area contributed by atoms with Crippen LogP contribution in [-0.4, -0.2) is 5.66 Å². The van der Waals surface area contributed by atoms with Gasteiger partial charge in [-0.05, 0) is 18.8 Å². The van der Waals surface area contributed by atoms with Gasteiger partial charge in [-0.2, -0.15) is 0 Å². The zero-order chi connectivity index (χ0) is 9.89. The monoisotopic (exact) mass is 184 g/mol. The minimum Gasteiger partial charge on any atom is -0.129 e. The van der Waals surface area contributed by atoms with E-state index in [-0.39, 0.29) is 0 Å².